The van der Waals surface area contributed by atoms with Crippen LogP contribution in [0.2, 0.25) is 0 Å². The standard InChI is InChI=1S/C21H23N5O/c1-2-16-9-3-4-12-26(16)21(27)18-13-19(24-14-23-18)25-17-10-5-7-15-8-6-11-22-20(15)17/h5-8,10-11,13-14,16H,2-4,9,12H2,1H3,(H,23,24,25). The van der Waals surface area contributed by atoms with Crippen molar-refractivity contribution in [2.75, 3.05) is 11.9 Å². The fourth-order valence-electron chi connectivity index (χ4n) is 3.73. The number of hydrogen-bond donors (Lipinski definition) is 1. The summed E-state index contributed by atoms with van der Waals surface area (Å²) < 4.78 is 0. The minimum Gasteiger partial charge on any atom is -0.338 e. The molecule has 1 aliphatic heterocycles. The van der Waals surface area contributed by atoms with Crippen molar-refractivity contribution in [1.29, 1.82) is 0 Å². The molecule has 1 amide bonds. The number of benzene rings is 1. The smallest absolute Gasteiger partial charge is 0.272 e. The van der Waals surface area contributed by atoms with Crippen LogP contribution in [0.5, 0.6) is 0 Å². The van der Waals surface area contributed by atoms with E-state index in [2.05, 4.69) is 27.2 Å². The lowest BCUT2D eigenvalue weighted by molar-refractivity contribution is 0.0602. The second kappa shape index (κ2) is 7.70. The van der Waals surface area contributed by atoms with E-state index in [1.165, 1.54) is 12.7 Å². The minimum atomic E-state index is -0.0111. The van der Waals surface area contributed by atoms with E-state index in [1.807, 2.05) is 35.2 Å². The van der Waals surface area contributed by atoms with E-state index < -0.39 is 0 Å². The van der Waals surface area contributed by atoms with Crippen molar-refractivity contribution in [3.63, 3.8) is 0 Å². The van der Waals surface area contributed by atoms with Crippen LogP contribution in [0.4, 0.5) is 11.5 Å². The number of piperidine rings is 1. The van der Waals surface area contributed by atoms with Crippen molar-refractivity contribution < 1.29 is 4.79 Å². The number of pyridine rings is 1. The summed E-state index contributed by atoms with van der Waals surface area (Å²) in [7, 11) is 0. The van der Waals surface area contributed by atoms with Gasteiger partial charge in [0.05, 0.1) is 11.2 Å². The van der Waals surface area contributed by atoms with Gasteiger partial charge in [-0.25, -0.2) is 9.97 Å². The summed E-state index contributed by atoms with van der Waals surface area (Å²) in [6.07, 6.45) is 7.50. The number of nitrogens with zero attached hydrogens (tertiary/aromatic N) is 4. The fourth-order valence-corrected chi connectivity index (χ4v) is 3.73. The van der Waals surface area contributed by atoms with Crippen LogP contribution in [-0.2, 0) is 0 Å². The summed E-state index contributed by atoms with van der Waals surface area (Å²) in [6, 6.07) is 11.9. The van der Waals surface area contributed by atoms with E-state index in [0.29, 0.717) is 17.6 Å². The number of likely N-dealkylation sites (tertiary alicyclic amines) is 1. The number of aromatic nitrogens is 3. The molecule has 3 heterocycles. The number of anilines is 2. The predicted octanol–water partition coefficient (Wildman–Crippen LogP) is 4.17. The van der Waals surface area contributed by atoms with Crippen molar-refractivity contribution in [2.24, 2.45) is 0 Å². The Kier molecular flexibility index (Phi) is 4.96. The highest BCUT2D eigenvalue weighted by atomic mass is 16.2. The number of nitrogens with one attached hydrogen (secondary N) is 1. The largest absolute Gasteiger partial charge is 0.338 e. The maximum Gasteiger partial charge on any atom is 0.272 e. The van der Waals surface area contributed by atoms with Gasteiger partial charge >= 0.3 is 0 Å². The van der Waals surface area contributed by atoms with Gasteiger partial charge in [0.2, 0.25) is 0 Å². The number of fused-ring (bicyclic) bond motifs is 1. The molecule has 0 aliphatic carbocycles. The normalized spacial score (nSPS) is 17.1. The second-order valence-electron chi connectivity index (χ2n) is 6.85. The van der Waals surface area contributed by atoms with Crippen LogP contribution in [0.1, 0.15) is 43.1 Å². The maximum absolute atomic E-state index is 13.0. The molecule has 0 bridgehead atoms. The maximum atomic E-state index is 13.0. The van der Waals surface area contributed by atoms with E-state index in [9.17, 15) is 4.79 Å². The molecule has 0 saturated carbocycles. The molecular weight excluding hydrogens is 338 g/mol. The fraction of sp³-hybridized carbons (Fsp3) is 0.333. The summed E-state index contributed by atoms with van der Waals surface area (Å²) in [5.74, 6) is 0.583. The predicted molar refractivity (Wildman–Crippen MR) is 106 cm³/mol. The molecule has 1 aliphatic rings. The van der Waals surface area contributed by atoms with Gasteiger partial charge in [-0.05, 0) is 37.8 Å². The first-order valence-electron chi connectivity index (χ1n) is 9.50. The summed E-state index contributed by atoms with van der Waals surface area (Å²) in [4.78, 5) is 27.9. The van der Waals surface area contributed by atoms with E-state index >= 15 is 0 Å². The number of carbonyl (C=O) groups is 1. The van der Waals surface area contributed by atoms with Gasteiger partial charge in [-0.2, -0.15) is 0 Å². The molecular formula is C21H23N5O. The molecule has 1 saturated heterocycles. The van der Waals surface area contributed by atoms with Crippen LogP contribution in [0.3, 0.4) is 0 Å². The minimum absolute atomic E-state index is 0.0111. The molecule has 2 aromatic heterocycles. The van der Waals surface area contributed by atoms with E-state index in [1.54, 1.807) is 12.3 Å². The number of amides is 1. The Morgan fingerprint density at radius 2 is 2.07 bits per heavy atom. The number of para-hydroxylation sites is 1. The zero-order chi connectivity index (χ0) is 18.6. The van der Waals surface area contributed by atoms with Gasteiger partial charge in [0, 0.05) is 30.2 Å². The summed E-state index contributed by atoms with van der Waals surface area (Å²) in [6.45, 7) is 2.94. The average molecular weight is 361 g/mol. The molecule has 1 fully saturated rings. The highest BCUT2D eigenvalue weighted by Gasteiger charge is 2.27. The molecule has 3 aromatic rings. The van der Waals surface area contributed by atoms with E-state index in [4.69, 9.17) is 0 Å². The monoisotopic (exact) mass is 361 g/mol. The molecule has 1 aromatic carbocycles. The molecule has 138 valence electrons. The zero-order valence-electron chi connectivity index (χ0n) is 15.4. The van der Waals surface area contributed by atoms with Gasteiger partial charge in [0.15, 0.2) is 0 Å². The third kappa shape index (κ3) is 3.60. The summed E-state index contributed by atoms with van der Waals surface area (Å²) in [5.41, 5.74) is 2.16. The van der Waals surface area contributed by atoms with Crippen molar-refractivity contribution in [1.82, 2.24) is 19.9 Å². The quantitative estimate of drug-likeness (QED) is 0.755. The first-order chi connectivity index (χ1) is 13.3. The summed E-state index contributed by atoms with van der Waals surface area (Å²) in [5, 5.41) is 4.33. The van der Waals surface area contributed by atoms with Crippen LogP contribution >= 0.6 is 0 Å². The van der Waals surface area contributed by atoms with Crippen LogP contribution in [-0.4, -0.2) is 38.3 Å². The molecule has 0 spiro atoms. The van der Waals surface area contributed by atoms with Crippen LogP contribution in [0.15, 0.2) is 48.9 Å². The van der Waals surface area contributed by atoms with Gasteiger partial charge in [-0.1, -0.05) is 25.1 Å². The van der Waals surface area contributed by atoms with Crippen LogP contribution in [0.25, 0.3) is 10.9 Å². The summed E-state index contributed by atoms with van der Waals surface area (Å²) >= 11 is 0. The van der Waals surface area contributed by atoms with Gasteiger partial charge < -0.3 is 10.2 Å². The van der Waals surface area contributed by atoms with Crippen LogP contribution in [0, 0.1) is 0 Å². The van der Waals surface area contributed by atoms with E-state index in [-0.39, 0.29) is 5.91 Å². The topological polar surface area (TPSA) is 71.0 Å². The number of carbonyl (C=O) groups excluding carboxylic acids is 1. The van der Waals surface area contributed by atoms with Gasteiger partial charge in [0.1, 0.15) is 17.8 Å². The third-order valence-corrected chi connectivity index (χ3v) is 5.14. The van der Waals surface area contributed by atoms with Crippen LogP contribution < -0.4 is 5.32 Å². The Morgan fingerprint density at radius 1 is 1.19 bits per heavy atom. The Bertz CT molecular complexity index is 953. The Labute approximate surface area is 158 Å². The lowest BCUT2D eigenvalue weighted by Crippen LogP contribution is -2.43. The number of rotatable bonds is 4. The second-order valence-corrected chi connectivity index (χ2v) is 6.85. The molecule has 0 radical (unpaired) electrons. The first kappa shape index (κ1) is 17.4. The molecule has 6 nitrogen and oxygen atoms in total. The molecule has 4 rings (SSSR count). The third-order valence-electron chi connectivity index (χ3n) is 5.14. The molecule has 1 unspecified atom stereocenters. The first-order valence-corrected chi connectivity index (χ1v) is 9.50. The van der Waals surface area contributed by atoms with Crippen molar-refractivity contribution in [2.45, 2.75) is 38.6 Å². The average Bonchev–Trinajstić information content (AvgIpc) is 2.73. The Hall–Kier alpha value is -3.02. The van der Waals surface area contributed by atoms with Gasteiger partial charge in [-0.3, -0.25) is 9.78 Å². The number of hydrogen-bond acceptors (Lipinski definition) is 5. The lowest BCUT2D eigenvalue weighted by Gasteiger charge is -2.35. The van der Waals surface area contributed by atoms with Crippen molar-refractivity contribution in [3.8, 4) is 0 Å². The highest BCUT2D eigenvalue weighted by Crippen LogP contribution is 2.25. The molecule has 1 atom stereocenters. The molecule has 27 heavy (non-hydrogen) atoms. The van der Waals surface area contributed by atoms with Crippen molar-refractivity contribution in [3.05, 3.63) is 54.6 Å². The van der Waals surface area contributed by atoms with E-state index in [0.717, 1.165) is 42.4 Å². The Morgan fingerprint density at radius 3 is 2.96 bits per heavy atom. The Balaban J connectivity index is 1.60. The lowest BCUT2D eigenvalue weighted by atomic mass is 9.99. The SMILES string of the molecule is CCC1CCCCN1C(=O)c1cc(Nc2cccc3cccnc23)ncn1. The highest BCUT2D eigenvalue weighted by molar-refractivity contribution is 5.94. The van der Waals surface area contributed by atoms with Crippen molar-refractivity contribution >= 4 is 28.3 Å². The molecule has 1 N–H and O–H groups in total. The van der Waals surface area contributed by atoms with Gasteiger partial charge in [-0.15, -0.1) is 0 Å². The zero-order valence-corrected chi connectivity index (χ0v) is 15.4. The molecule has 6 heteroatoms. The van der Waals surface area contributed by atoms with Gasteiger partial charge in [0.25, 0.3) is 5.91 Å².